The normalized spacial score (nSPS) is 10.4. The second kappa shape index (κ2) is 6.44. The largest absolute Gasteiger partial charge is 0.337 e. The summed E-state index contributed by atoms with van der Waals surface area (Å²) in [7, 11) is 1.68. The average molecular weight is 330 g/mol. The number of nitrogens with zero attached hydrogens (tertiary/aromatic N) is 2. The van der Waals surface area contributed by atoms with Gasteiger partial charge in [-0.25, -0.2) is 0 Å². The van der Waals surface area contributed by atoms with Gasteiger partial charge in [-0.15, -0.1) is 0 Å². The Morgan fingerprint density at radius 3 is 2.45 bits per heavy atom. The van der Waals surface area contributed by atoms with E-state index in [2.05, 4.69) is 4.98 Å². The second-order valence-electron chi connectivity index (χ2n) is 4.29. The van der Waals surface area contributed by atoms with Crippen molar-refractivity contribution in [2.75, 3.05) is 7.05 Å². The van der Waals surface area contributed by atoms with Crippen LogP contribution in [-0.2, 0) is 6.54 Å². The highest BCUT2D eigenvalue weighted by Gasteiger charge is 2.15. The van der Waals surface area contributed by atoms with E-state index in [1.165, 1.54) is 17.3 Å². The molecule has 0 spiro atoms. The zero-order valence-corrected chi connectivity index (χ0v) is 12.9. The van der Waals surface area contributed by atoms with Crippen LogP contribution >= 0.6 is 34.8 Å². The van der Waals surface area contributed by atoms with E-state index in [0.29, 0.717) is 27.2 Å². The van der Waals surface area contributed by atoms with E-state index in [4.69, 9.17) is 34.8 Å². The highest BCUT2D eigenvalue weighted by Crippen LogP contribution is 2.21. The smallest absolute Gasteiger partial charge is 0.256 e. The van der Waals surface area contributed by atoms with Gasteiger partial charge in [0.25, 0.3) is 5.91 Å². The first kappa shape index (κ1) is 15.1. The molecule has 2 aromatic rings. The lowest BCUT2D eigenvalue weighted by atomic mass is 10.2. The molecule has 1 amide bonds. The lowest BCUT2D eigenvalue weighted by Crippen LogP contribution is -2.26. The number of hydrogen-bond acceptors (Lipinski definition) is 2. The predicted molar refractivity (Wildman–Crippen MR) is 81.5 cm³/mol. The summed E-state index contributed by atoms with van der Waals surface area (Å²) in [6.07, 6.45) is 2.99. The van der Waals surface area contributed by atoms with E-state index in [1.807, 2.05) is 0 Å². The van der Waals surface area contributed by atoms with Crippen molar-refractivity contribution in [3.8, 4) is 0 Å². The standard InChI is InChI=1S/C14H11Cl3N2O/c1-19(8-9-4-10(15)6-11(16)5-9)14(20)12-7-18-3-2-13(12)17/h2-7H,8H2,1H3. The minimum Gasteiger partial charge on any atom is -0.337 e. The molecule has 20 heavy (non-hydrogen) atoms. The highest BCUT2D eigenvalue weighted by molar-refractivity contribution is 6.34. The first-order valence-corrected chi connectivity index (χ1v) is 6.90. The maximum atomic E-state index is 12.3. The third kappa shape index (κ3) is 3.63. The Labute approximate surface area is 132 Å². The molecular weight excluding hydrogens is 319 g/mol. The fourth-order valence-electron chi connectivity index (χ4n) is 1.79. The van der Waals surface area contributed by atoms with E-state index < -0.39 is 0 Å². The molecule has 3 nitrogen and oxygen atoms in total. The van der Waals surface area contributed by atoms with Gasteiger partial charge < -0.3 is 4.90 Å². The summed E-state index contributed by atoms with van der Waals surface area (Å²) in [4.78, 5) is 17.7. The quantitative estimate of drug-likeness (QED) is 0.840. The SMILES string of the molecule is CN(Cc1cc(Cl)cc(Cl)c1)C(=O)c1cnccc1Cl. The maximum absolute atomic E-state index is 12.3. The van der Waals surface area contributed by atoms with Crippen LogP contribution in [0.25, 0.3) is 0 Å². The van der Waals surface area contributed by atoms with Crippen LogP contribution < -0.4 is 0 Å². The molecule has 6 heteroatoms. The van der Waals surface area contributed by atoms with Gasteiger partial charge in [0.15, 0.2) is 0 Å². The van der Waals surface area contributed by atoms with E-state index in [-0.39, 0.29) is 5.91 Å². The molecule has 104 valence electrons. The minimum absolute atomic E-state index is 0.209. The fourth-order valence-corrected chi connectivity index (χ4v) is 2.55. The Morgan fingerprint density at radius 2 is 1.85 bits per heavy atom. The van der Waals surface area contributed by atoms with Crippen molar-refractivity contribution in [3.05, 3.63) is 62.9 Å². The summed E-state index contributed by atoms with van der Waals surface area (Å²) >= 11 is 17.9. The Kier molecular flexibility index (Phi) is 4.86. The van der Waals surface area contributed by atoms with Crippen molar-refractivity contribution in [2.45, 2.75) is 6.54 Å². The highest BCUT2D eigenvalue weighted by atomic mass is 35.5. The summed E-state index contributed by atoms with van der Waals surface area (Å²) in [5, 5.41) is 1.45. The molecule has 0 atom stereocenters. The van der Waals surface area contributed by atoms with Gasteiger partial charge in [-0.05, 0) is 29.8 Å². The fraction of sp³-hybridized carbons (Fsp3) is 0.143. The molecule has 1 heterocycles. The number of aromatic nitrogens is 1. The van der Waals surface area contributed by atoms with Crippen molar-refractivity contribution in [1.29, 1.82) is 0 Å². The third-order valence-corrected chi connectivity index (χ3v) is 3.45. The molecule has 1 aromatic carbocycles. The van der Waals surface area contributed by atoms with Crippen LogP contribution in [0, 0.1) is 0 Å². The Bertz CT molecular complexity index is 626. The summed E-state index contributed by atoms with van der Waals surface area (Å²) in [5.74, 6) is -0.209. The van der Waals surface area contributed by atoms with Crippen molar-refractivity contribution in [2.24, 2.45) is 0 Å². The number of hydrogen-bond donors (Lipinski definition) is 0. The predicted octanol–water partition coefficient (Wildman–Crippen LogP) is 4.31. The molecule has 0 bridgehead atoms. The molecule has 2 rings (SSSR count). The van der Waals surface area contributed by atoms with Crippen molar-refractivity contribution in [3.63, 3.8) is 0 Å². The second-order valence-corrected chi connectivity index (χ2v) is 5.57. The van der Waals surface area contributed by atoms with Gasteiger partial charge >= 0.3 is 0 Å². The number of carbonyl (C=O) groups is 1. The first-order chi connectivity index (χ1) is 9.47. The van der Waals surface area contributed by atoms with Crippen LogP contribution in [0.3, 0.4) is 0 Å². The van der Waals surface area contributed by atoms with E-state index in [1.54, 1.807) is 31.3 Å². The molecule has 0 saturated carbocycles. The molecule has 1 aromatic heterocycles. The number of pyridine rings is 1. The molecule has 0 aliphatic carbocycles. The van der Waals surface area contributed by atoms with Crippen LogP contribution in [0.5, 0.6) is 0 Å². The van der Waals surface area contributed by atoms with Crippen LogP contribution in [0.1, 0.15) is 15.9 Å². The van der Waals surface area contributed by atoms with Crippen LogP contribution in [-0.4, -0.2) is 22.8 Å². The van der Waals surface area contributed by atoms with Crippen LogP contribution in [0.15, 0.2) is 36.7 Å². The molecule has 0 fully saturated rings. The third-order valence-electron chi connectivity index (χ3n) is 2.69. The van der Waals surface area contributed by atoms with Gasteiger partial charge in [-0.1, -0.05) is 34.8 Å². The maximum Gasteiger partial charge on any atom is 0.256 e. The Hall–Kier alpha value is -1.29. The topological polar surface area (TPSA) is 33.2 Å². The van der Waals surface area contributed by atoms with Gasteiger partial charge in [-0.2, -0.15) is 0 Å². The van der Waals surface area contributed by atoms with Gasteiger partial charge in [0, 0.05) is 36.0 Å². The molecule has 0 aliphatic heterocycles. The van der Waals surface area contributed by atoms with E-state index >= 15 is 0 Å². The molecule has 0 N–H and O–H groups in total. The zero-order valence-electron chi connectivity index (χ0n) is 10.6. The summed E-state index contributed by atoms with van der Waals surface area (Å²) < 4.78 is 0. The number of amides is 1. The summed E-state index contributed by atoms with van der Waals surface area (Å²) in [6, 6.07) is 6.76. The summed E-state index contributed by atoms with van der Waals surface area (Å²) in [5.41, 5.74) is 1.21. The number of carbonyl (C=O) groups excluding carboxylic acids is 1. The average Bonchev–Trinajstić information content (AvgIpc) is 2.37. The van der Waals surface area contributed by atoms with Crippen LogP contribution in [0.2, 0.25) is 15.1 Å². The van der Waals surface area contributed by atoms with Gasteiger partial charge in [-0.3, -0.25) is 9.78 Å². The molecule has 0 aliphatic rings. The number of benzene rings is 1. The zero-order chi connectivity index (χ0) is 14.7. The molecule has 0 radical (unpaired) electrons. The molecule has 0 unspecified atom stereocenters. The monoisotopic (exact) mass is 328 g/mol. The van der Waals surface area contributed by atoms with E-state index in [0.717, 1.165) is 5.56 Å². The lowest BCUT2D eigenvalue weighted by Gasteiger charge is -2.18. The summed E-state index contributed by atoms with van der Waals surface area (Å²) in [6.45, 7) is 0.379. The number of halogens is 3. The van der Waals surface area contributed by atoms with Crippen LogP contribution in [0.4, 0.5) is 0 Å². The van der Waals surface area contributed by atoms with Crippen molar-refractivity contribution >= 4 is 40.7 Å². The van der Waals surface area contributed by atoms with Crippen molar-refractivity contribution < 1.29 is 4.79 Å². The minimum atomic E-state index is -0.209. The van der Waals surface area contributed by atoms with Gasteiger partial charge in [0.1, 0.15) is 0 Å². The molecular formula is C14H11Cl3N2O. The molecule has 0 saturated heterocycles. The lowest BCUT2D eigenvalue weighted by molar-refractivity contribution is 0.0785. The van der Waals surface area contributed by atoms with Gasteiger partial charge in [0.05, 0.1) is 10.6 Å². The van der Waals surface area contributed by atoms with Gasteiger partial charge in [0.2, 0.25) is 0 Å². The Morgan fingerprint density at radius 1 is 1.20 bits per heavy atom. The van der Waals surface area contributed by atoms with Crippen molar-refractivity contribution in [1.82, 2.24) is 9.88 Å². The van der Waals surface area contributed by atoms with E-state index in [9.17, 15) is 4.79 Å². The first-order valence-electron chi connectivity index (χ1n) is 5.77. The Balaban J connectivity index is 2.18. The number of rotatable bonds is 3.